The van der Waals surface area contributed by atoms with E-state index >= 15 is 0 Å². The number of hydrogen-bond donors (Lipinski definition) is 1. The Balaban J connectivity index is 1.98. The number of rotatable bonds is 3. The van der Waals surface area contributed by atoms with Crippen molar-refractivity contribution in [1.82, 2.24) is 10.2 Å². The molecular formula is C13H19N3O3. The summed E-state index contributed by atoms with van der Waals surface area (Å²) in [5.41, 5.74) is 0.0929. The first kappa shape index (κ1) is 13.7. The van der Waals surface area contributed by atoms with Crippen LogP contribution < -0.4 is 5.32 Å². The number of esters is 1. The van der Waals surface area contributed by atoms with Crippen LogP contribution in [0.1, 0.15) is 37.2 Å². The predicted molar refractivity (Wildman–Crippen MR) is 70.0 cm³/mol. The van der Waals surface area contributed by atoms with E-state index in [-0.39, 0.29) is 11.3 Å². The standard InChI is InChI=1S/C13H19N3O3/c1-13(2)8-9(6-7-19-13)14-11-5-4-10(15-16-11)12(17)18-3/h4-5,9H,6-8H2,1-3H3,(H,14,16). The number of aromatic nitrogens is 2. The molecule has 1 saturated heterocycles. The molecule has 0 aromatic carbocycles. The molecule has 2 rings (SSSR count). The van der Waals surface area contributed by atoms with Gasteiger partial charge in [0.15, 0.2) is 5.69 Å². The van der Waals surface area contributed by atoms with E-state index < -0.39 is 5.97 Å². The van der Waals surface area contributed by atoms with Crippen LogP contribution in [-0.4, -0.2) is 41.5 Å². The fourth-order valence-electron chi connectivity index (χ4n) is 2.19. The zero-order valence-corrected chi connectivity index (χ0v) is 11.5. The summed E-state index contributed by atoms with van der Waals surface area (Å²) < 4.78 is 10.2. The van der Waals surface area contributed by atoms with Gasteiger partial charge in [-0.3, -0.25) is 0 Å². The van der Waals surface area contributed by atoms with Gasteiger partial charge >= 0.3 is 5.97 Å². The highest BCUT2D eigenvalue weighted by Crippen LogP contribution is 2.25. The Morgan fingerprint density at radius 1 is 1.47 bits per heavy atom. The molecule has 6 nitrogen and oxygen atoms in total. The summed E-state index contributed by atoms with van der Waals surface area (Å²) in [5, 5.41) is 11.1. The lowest BCUT2D eigenvalue weighted by molar-refractivity contribution is -0.0553. The lowest BCUT2D eigenvalue weighted by Gasteiger charge is -2.35. The highest BCUT2D eigenvalue weighted by molar-refractivity contribution is 5.86. The zero-order valence-electron chi connectivity index (χ0n) is 11.5. The first-order valence-electron chi connectivity index (χ1n) is 6.33. The molecule has 1 aromatic heterocycles. The van der Waals surface area contributed by atoms with E-state index in [1.807, 2.05) is 0 Å². The van der Waals surface area contributed by atoms with Crippen LogP contribution in [0.15, 0.2) is 12.1 Å². The highest BCUT2D eigenvalue weighted by atomic mass is 16.5. The van der Waals surface area contributed by atoms with Crippen molar-refractivity contribution in [1.29, 1.82) is 0 Å². The Bertz CT molecular complexity index is 445. The largest absolute Gasteiger partial charge is 0.464 e. The third-order valence-corrected chi connectivity index (χ3v) is 3.11. The minimum atomic E-state index is -0.480. The normalized spacial score (nSPS) is 21.7. The molecule has 1 atom stereocenters. The van der Waals surface area contributed by atoms with E-state index in [1.165, 1.54) is 7.11 Å². The van der Waals surface area contributed by atoms with Crippen LogP contribution >= 0.6 is 0 Å². The van der Waals surface area contributed by atoms with Gasteiger partial charge in [0.1, 0.15) is 5.82 Å². The van der Waals surface area contributed by atoms with Crippen molar-refractivity contribution in [3.05, 3.63) is 17.8 Å². The van der Waals surface area contributed by atoms with Gasteiger partial charge in [-0.25, -0.2) is 4.79 Å². The molecule has 1 N–H and O–H groups in total. The topological polar surface area (TPSA) is 73.3 Å². The molecule has 0 aliphatic carbocycles. The van der Waals surface area contributed by atoms with Gasteiger partial charge < -0.3 is 14.8 Å². The molecule has 1 aliphatic heterocycles. The molecule has 0 amide bonds. The number of hydrogen-bond acceptors (Lipinski definition) is 6. The second kappa shape index (κ2) is 5.52. The quantitative estimate of drug-likeness (QED) is 0.837. The first-order chi connectivity index (χ1) is 9.00. The van der Waals surface area contributed by atoms with Gasteiger partial charge in [0, 0.05) is 12.6 Å². The monoisotopic (exact) mass is 265 g/mol. The first-order valence-corrected chi connectivity index (χ1v) is 6.33. The molecule has 1 fully saturated rings. The summed E-state index contributed by atoms with van der Waals surface area (Å²) in [4.78, 5) is 11.2. The summed E-state index contributed by atoms with van der Waals surface area (Å²) in [6.07, 6.45) is 1.84. The molecule has 1 aromatic rings. The summed E-state index contributed by atoms with van der Waals surface area (Å²) >= 11 is 0. The van der Waals surface area contributed by atoms with Gasteiger partial charge in [0.05, 0.1) is 12.7 Å². The van der Waals surface area contributed by atoms with Crippen molar-refractivity contribution in [2.24, 2.45) is 0 Å². The van der Waals surface area contributed by atoms with Crippen molar-refractivity contribution < 1.29 is 14.3 Å². The van der Waals surface area contributed by atoms with Crippen LogP contribution in [0.3, 0.4) is 0 Å². The van der Waals surface area contributed by atoms with Gasteiger partial charge in [-0.05, 0) is 38.8 Å². The van der Waals surface area contributed by atoms with E-state index in [0.29, 0.717) is 11.9 Å². The third kappa shape index (κ3) is 3.64. The third-order valence-electron chi connectivity index (χ3n) is 3.11. The van der Waals surface area contributed by atoms with Crippen molar-refractivity contribution in [2.45, 2.75) is 38.3 Å². The highest BCUT2D eigenvalue weighted by Gasteiger charge is 2.28. The zero-order chi connectivity index (χ0) is 13.9. The SMILES string of the molecule is COC(=O)c1ccc(NC2CCOC(C)(C)C2)nn1. The van der Waals surface area contributed by atoms with E-state index in [1.54, 1.807) is 12.1 Å². The Kier molecular flexibility index (Phi) is 3.99. The molecule has 0 saturated carbocycles. The van der Waals surface area contributed by atoms with Crippen LogP contribution in [-0.2, 0) is 9.47 Å². The predicted octanol–water partition coefficient (Wildman–Crippen LogP) is 1.63. The second-order valence-electron chi connectivity index (χ2n) is 5.24. The van der Waals surface area contributed by atoms with Crippen LogP contribution in [0.4, 0.5) is 5.82 Å². The molecule has 6 heteroatoms. The Morgan fingerprint density at radius 3 is 2.84 bits per heavy atom. The molecule has 104 valence electrons. The number of carbonyl (C=O) groups is 1. The fraction of sp³-hybridized carbons (Fsp3) is 0.615. The maximum atomic E-state index is 11.2. The Hall–Kier alpha value is -1.69. The average molecular weight is 265 g/mol. The number of methoxy groups -OCH3 is 1. The minimum absolute atomic E-state index is 0.116. The number of nitrogens with zero attached hydrogens (tertiary/aromatic N) is 2. The molecule has 1 aliphatic rings. The van der Waals surface area contributed by atoms with Crippen LogP contribution in [0.5, 0.6) is 0 Å². The number of ether oxygens (including phenoxy) is 2. The lowest BCUT2D eigenvalue weighted by atomic mass is 9.94. The molecule has 0 bridgehead atoms. The van der Waals surface area contributed by atoms with Gasteiger partial charge in [0.25, 0.3) is 0 Å². The van der Waals surface area contributed by atoms with Crippen molar-refractivity contribution in [3.8, 4) is 0 Å². The molecule has 0 radical (unpaired) electrons. The van der Waals surface area contributed by atoms with E-state index in [2.05, 4.69) is 34.1 Å². The summed E-state index contributed by atoms with van der Waals surface area (Å²) in [5.74, 6) is 0.182. The molecular weight excluding hydrogens is 246 g/mol. The molecule has 19 heavy (non-hydrogen) atoms. The molecule has 0 spiro atoms. The maximum Gasteiger partial charge on any atom is 0.358 e. The number of anilines is 1. The lowest BCUT2D eigenvalue weighted by Crippen LogP contribution is -2.40. The van der Waals surface area contributed by atoms with Crippen LogP contribution in [0.25, 0.3) is 0 Å². The smallest absolute Gasteiger partial charge is 0.358 e. The van der Waals surface area contributed by atoms with Gasteiger partial charge in [-0.15, -0.1) is 10.2 Å². The van der Waals surface area contributed by atoms with E-state index in [0.717, 1.165) is 19.4 Å². The average Bonchev–Trinajstić information content (AvgIpc) is 2.37. The minimum Gasteiger partial charge on any atom is -0.464 e. The number of carbonyl (C=O) groups excluding carboxylic acids is 1. The Labute approximate surface area is 112 Å². The van der Waals surface area contributed by atoms with Gasteiger partial charge in [-0.2, -0.15) is 0 Å². The second-order valence-corrected chi connectivity index (χ2v) is 5.24. The Morgan fingerprint density at radius 2 is 2.26 bits per heavy atom. The van der Waals surface area contributed by atoms with Crippen molar-refractivity contribution in [2.75, 3.05) is 19.0 Å². The fourth-order valence-corrected chi connectivity index (χ4v) is 2.19. The van der Waals surface area contributed by atoms with E-state index in [4.69, 9.17) is 4.74 Å². The summed E-state index contributed by atoms with van der Waals surface area (Å²) in [6.45, 7) is 4.89. The van der Waals surface area contributed by atoms with Crippen molar-refractivity contribution in [3.63, 3.8) is 0 Å². The molecule has 1 unspecified atom stereocenters. The van der Waals surface area contributed by atoms with E-state index in [9.17, 15) is 4.79 Å². The van der Waals surface area contributed by atoms with Gasteiger partial charge in [-0.1, -0.05) is 0 Å². The summed E-state index contributed by atoms with van der Waals surface area (Å²) in [7, 11) is 1.32. The van der Waals surface area contributed by atoms with Crippen LogP contribution in [0, 0.1) is 0 Å². The van der Waals surface area contributed by atoms with Crippen LogP contribution in [0.2, 0.25) is 0 Å². The van der Waals surface area contributed by atoms with Crippen molar-refractivity contribution >= 4 is 11.8 Å². The number of nitrogens with one attached hydrogen (secondary N) is 1. The van der Waals surface area contributed by atoms with Gasteiger partial charge in [0.2, 0.25) is 0 Å². The summed E-state index contributed by atoms with van der Waals surface area (Å²) in [6, 6.07) is 3.65. The molecule has 2 heterocycles. The maximum absolute atomic E-state index is 11.2.